The predicted molar refractivity (Wildman–Crippen MR) is 87.1 cm³/mol. The lowest BCUT2D eigenvalue weighted by Crippen LogP contribution is -2.02. The van der Waals surface area contributed by atoms with E-state index >= 15 is 0 Å². The maximum Gasteiger partial charge on any atom is 0.131 e. The van der Waals surface area contributed by atoms with E-state index in [0.29, 0.717) is 11.7 Å². The van der Waals surface area contributed by atoms with Crippen LogP contribution >= 0.6 is 11.6 Å². The molecule has 1 N–H and O–H groups in total. The molecular weight excluding hydrogens is 284 g/mol. The second-order valence-electron chi connectivity index (χ2n) is 4.69. The highest BCUT2D eigenvalue weighted by molar-refractivity contribution is 6.29. The van der Waals surface area contributed by atoms with Gasteiger partial charge < -0.3 is 10.1 Å². The zero-order chi connectivity index (χ0) is 14.7. The topological polar surface area (TPSA) is 34.1 Å². The maximum atomic E-state index is 5.90. The highest BCUT2D eigenvalue weighted by atomic mass is 35.5. The van der Waals surface area contributed by atoms with Crippen molar-refractivity contribution in [3.63, 3.8) is 0 Å². The molecule has 0 saturated carbocycles. The standard InChI is InChI=1S/C17H15ClN2O/c1-21-16-7-6-12-4-2-3-5-14(12)15(16)11-20-13-8-9-19-17(18)10-13/h2-10H,11H2,1H3,(H,19,20). The summed E-state index contributed by atoms with van der Waals surface area (Å²) in [6.07, 6.45) is 1.69. The van der Waals surface area contributed by atoms with Crippen molar-refractivity contribution in [2.45, 2.75) is 6.54 Å². The first kappa shape index (κ1) is 13.7. The third kappa shape index (κ3) is 2.93. The number of halogens is 1. The molecule has 0 spiro atoms. The van der Waals surface area contributed by atoms with Gasteiger partial charge in [-0.1, -0.05) is 41.9 Å². The zero-order valence-electron chi connectivity index (χ0n) is 11.6. The molecule has 0 bridgehead atoms. The van der Waals surface area contributed by atoms with E-state index in [1.54, 1.807) is 19.4 Å². The second kappa shape index (κ2) is 6.02. The summed E-state index contributed by atoms with van der Waals surface area (Å²) >= 11 is 5.90. The van der Waals surface area contributed by atoms with E-state index in [4.69, 9.17) is 16.3 Å². The van der Waals surface area contributed by atoms with Gasteiger partial charge >= 0.3 is 0 Å². The molecule has 0 unspecified atom stereocenters. The first-order valence-electron chi connectivity index (χ1n) is 6.68. The van der Waals surface area contributed by atoms with Crippen molar-refractivity contribution in [2.24, 2.45) is 0 Å². The molecule has 0 atom stereocenters. The van der Waals surface area contributed by atoms with Gasteiger partial charge in [0.15, 0.2) is 0 Å². The fraction of sp³-hybridized carbons (Fsp3) is 0.118. The van der Waals surface area contributed by atoms with Crippen molar-refractivity contribution in [3.8, 4) is 5.75 Å². The zero-order valence-corrected chi connectivity index (χ0v) is 12.4. The Labute approximate surface area is 128 Å². The van der Waals surface area contributed by atoms with Gasteiger partial charge in [0.2, 0.25) is 0 Å². The molecule has 0 aliphatic carbocycles. The molecule has 1 heterocycles. The van der Waals surface area contributed by atoms with Crippen LogP contribution in [-0.4, -0.2) is 12.1 Å². The number of benzene rings is 2. The number of hydrogen-bond acceptors (Lipinski definition) is 3. The molecule has 2 aromatic carbocycles. The minimum Gasteiger partial charge on any atom is -0.496 e. The number of nitrogens with zero attached hydrogens (tertiary/aromatic N) is 1. The van der Waals surface area contributed by atoms with Crippen molar-refractivity contribution >= 4 is 28.1 Å². The van der Waals surface area contributed by atoms with Crippen LogP contribution < -0.4 is 10.1 Å². The molecule has 0 aliphatic heterocycles. The van der Waals surface area contributed by atoms with Crippen LogP contribution in [0, 0.1) is 0 Å². The highest BCUT2D eigenvalue weighted by Gasteiger charge is 2.08. The van der Waals surface area contributed by atoms with Crippen molar-refractivity contribution < 1.29 is 4.74 Å². The van der Waals surface area contributed by atoms with Gasteiger partial charge in [-0.2, -0.15) is 0 Å². The molecule has 106 valence electrons. The minimum absolute atomic E-state index is 0.477. The molecule has 21 heavy (non-hydrogen) atoms. The van der Waals surface area contributed by atoms with E-state index in [1.807, 2.05) is 24.3 Å². The van der Waals surface area contributed by atoms with Gasteiger partial charge in [0.1, 0.15) is 10.9 Å². The summed E-state index contributed by atoms with van der Waals surface area (Å²) in [7, 11) is 1.69. The smallest absolute Gasteiger partial charge is 0.131 e. The Morgan fingerprint density at radius 2 is 2.00 bits per heavy atom. The van der Waals surface area contributed by atoms with Crippen LogP contribution in [0.25, 0.3) is 10.8 Å². The Morgan fingerprint density at radius 3 is 2.81 bits per heavy atom. The molecule has 3 aromatic rings. The van der Waals surface area contributed by atoms with Crippen molar-refractivity contribution in [2.75, 3.05) is 12.4 Å². The van der Waals surface area contributed by atoms with E-state index in [9.17, 15) is 0 Å². The molecule has 0 radical (unpaired) electrons. The highest BCUT2D eigenvalue weighted by Crippen LogP contribution is 2.28. The fourth-order valence-electron chi connectivity index (χ4n) is 2.39. The first-order chi connectivity index (χ1) is 10.3. The fourth-order valence-corrected chi connectivity index (χ4v) is 2.57. The van der Waals surface area contributed by atoms with Crippen LogP contribution in [0.15, 0.2) is 54.7 Å². The van der Waals surface area contributed by atoms with Gasteiger partial charge in [-0.25, -0.2) is 4.98 Å². The maximum absolute atomic E-state index is 5.90. The number of aromatic nitrogens is 1. The summed E-state index contributed by atoms with van der Waals surface area (Å²) in [6.45, 7) is 0.658. The number of fused-ring (bicyclic) bond motifs is 1. The van der Waals surface area contributed by atoms with Crippen LogP contribution in [0.2, 0.25) is 5.15 Å². The molecule has 0 aliphatic rings. The Morgan fingerprint density at radius 1 is 1.14 bits per heavy atom. The third-order valence-corrected chi connectivity index (χ3v) is 3.62. The summed E-state index contributed by atoms with van der Waals surface area (Å²) < 4.78 is 5.49. The average molecular weight is 299 g/mol. The number of ether oxygens (including phenoxy) is 1. The number of rotatable bonds is 4. The Kier molecular flexibility index (Phi) is 3.93. The lowest BCUT2D eigenvalue weighted by molar-refractivity contribution is 0.411. The molecule has 3 nitrogen and oxygen atoms in total. The van der Waals surface area contributed by atoms with E-state index in [1.165, 1.54) is 10.8 Å². The predicted octanol–water partition coefficient (Wildman–Crippen LogP) is 4.51. The largest absolute Gasteiger partial charge is 0.496 e. The van der Waals surface area contributed by atoms with E-state index in [0.717, 1.165) is 17.0 Å². The van der Waals surface area contributed by atoms with Crippen molar-refractivity contribution in [3.05, 3.63) is 65.4 Å². The van der Waals surface area contributed by atoms with Gasteiger partial charge in [-0.3, -0.25) is 0 Å². The summed E-state index contributed by atoms with van der Waals surface area (Å²) in [4.78, 5) is 3.98. The van der Waals surface area contributed by atoms with Crippen LogP contribution in [0.4, 0.5) is 5.69 Å². The molecule has 0 saturated heterocycles. The van der Waals surface area contributed by atoms with Gasteiger partial charge in [0.05, 0.1) is 7.11 Å². The van der Waals surface area contributed by atoms with E-state index in [-0.39, 0.29) is 0 Å². The molecule has 1 aromatic heterocycles. The lowest BCUT2D eigenvalue weighted by Gasteiger charge is -2.13. The number of anilines is 1. The third-order valence-electron chi connectivity index (χ3n) is 3.41. The van der Waals surface area contributed by atoms with Crippen LogP contribution in [0.5, 0.6) is 5.75 Å². The Hall–Kier alpha value is -2.26. The number of hydrogen-bond donors (Lipinski definition) is 1. The summed E-state index contributed by atoms with van der Waals surface area (Å²) in [5.74, 6) is 0.876. The van der Waals surface area contributed by atoms with Crippen molar-refractivity contribution in [1.29, 1.82) is 0 Å². The number of methoxy groups -OCH3 is 1. The summed E-state index contributed by atoms with van der Waals surface area (Å²) in [5.41, 5.74) is 2.06. The number of nitrogens with one attached hydrogen (secondary N) is 1. The van der Waals surface area contributed by atoms with Crippen molar-refractivity contribution in [1.82, 2.24) is 4.98 Å². The Balaban J connectivity index is 1.95. The first-order valence-corrected chi connectivity index (χ1v) is 7.06. The summed E-state index contributed by atoms with van der Waals surface area (Å²) in [6, 6.07) is 16.0. The molecule has 0 fully saturated rings. The minimum atomic E-state index is 0.477. The van der Waals surface area contributed by atoms with E-state index < -0.39 is 0 Å². The van der Waals surface area contributed by atoms with Gasteiger partial charge in [0, 0.05) is 24.0 Å². The molecule has 4 heteroatoms. The Bertz CT molecular complexity index is 774. The van der Waals surface area contributed by atoms with E-state index in [2.05, 4.69) is 28.5 Å². The van der Waals surface area contributed by atoms with Crippen LogP contribution in [-0.2, 0) is 6.54 Å². The van der Waals surface area contributed by atoms with Crippen LogP contribution in [0.3, 0.4) is 0 Å². The lowest BCUT2D eigenvalue weighted by atomic mass is 10.0. The second-order valence-corrected chi connectivity index (χ2v) is 5.08. The molecule has 0 amide bonds. The quantitative estimate of drug-likeness (QED) is 0.720. The summed E-state index contributed by atoms with van der Waals surface area (Å²) in [5, 5.41) is 6.22. The SMILES string of the molecule is COc1ccc2ccccc2c1CNc1ccnc(Cl)c1. The average Bonchev–Trinajstić information content (AvgIpc) is 2.52. The molecule has 3 rings (SSSR count). The van der Waals surface area contributed by atoms with Gasteiger partial charge in [-0.15, -0.1) is 0 Å². The number of pyridine rings is 1. The normalized spacial score (nSPS) is 10.6. The monoisotopic (exact) mass is 298 g/mol. The van der Waals surface area contributed by atoms with Gasteiger partial charge in [0.25, 0.3) is 0 Å². The van der Waals surface area contributed by atoms with Gasteiger partial charge in [-0.05, 0) is 29.0 Å². The van der Waals surface area contributed by atoms with Crippen LogP contribution in [0.1, 0.15) is 5.56 Å². The molecular formula is C17H15ClN2O.